The van der Waals surface area contributed by atoms with Crippen LogP contribution in [0.4, 0.5) is 10.1 Å². The van der Waals surface area contributed by atoms with Gasteiger partial charge in [-0.15, -0.1) is 0 Å². The number of ether oxygens (including phenoxy) is 1. The SMILES string of the molecule is Fc1ccc(COc2ccc3ccccc3c2CNc2ccc(Br)c(Cl)c2)cc1. The quantitative estimate of drug-likeness (QED) is 0.313. The van der Waals surface area contributed by atoms with Gasteiger partial charge in [0.25, 0.3) is 0 Å². The minimum atomic E-state index is -0.252. The Bertz CT molecular complexity index is 1150. The zero-order valence-corrected chi connectivity index (χ0v) is 17.8. The summed E-state index contributed by atoms with van der Waals surface area (Å²) in [5.74, 6) is 0.543. The van der Waals surface area contributed by atoms with E-state index in [9.17, 15) is 4.39 Å². The molecule has 146 valence electrons. The van der Waals surface area contributed by atoms with Crippen LogP contribution in [0.3, 0.4) is 0 Å². The van der Waals surface area contributed by atoms with Crippen LogP contribution >= 0.6 is 27.5 Å². The van der Waals surface area contributed by atoms with Gasteiger partial charge < -0.3 is 10.1 Å². The molecule has 4 rings (SSSR count). The van der Waals surface area contributed by atoms with Crippen molar-refractivity contribution in [3.8, 4) is 5.75 Å². The fourth-order valence-electron chi connectivity index (χ4n) is 3.17. The molecule has 0 saturated heterocycles. The van der Waals surface area contributed by atoms with Gasteiger partial charge >= 0.3 is 0 Å². The smallest absolute Gasteiger partial charge is 0.125 e. The Balaban J connectivity index is 1.61. The second kappa shape index (κ2) is 8.85. The maximum atomic E-state index is 13.1. The van der Waals surface area contributed by atoms with Crippen molar-refractivity contribution in [2.45, 2.75) is 13.2 Å². The Morgan fingerprint density at radius 1 is 0.931 bits per heavy atom. The van der Waals surface area contributed by atoms with Gasteiger partial charge in [-0.2, -0.15) is 0 Å². The third-order valence-electron chi connectivity index (χ3n) is 4.69. The number of fused-ring (bicyclic) bond motifs is 1. The number of nitrogens with one attached hydrogen (secondary N) is 1. The molecule has 0 aliphatic heterocycles. The van der Waals surface area contributed by atoms with E-state index in [0.29, 0.717) is 18.2 Å². The minimum Gasteiger partial charge on any atom is -0.489 e. The molecule has 0 radical (unpaired) electrons. The van der Waals surface area contributed by atoms with Crippen molar-refractivity contribution in [1.29, 1.82) is 0 Å². The van der Waals surface area contributed by atoms with Gasteiger partial charge in [-0.3, -0.25) is 0 Å². The van der Waals surface area contributed by atoms with Crippen LogP contribution in [0.1, 0.15) is 11.1 Å². The first-order valence-corrected chi connectivity index (χ1v) is 10.3. The number of rotatable bonds is 6. The first-order valence-electron chi connectivity index (χ1n) is 9.17. The molecular weight excluding hydrogens is 453 g/mol. The van der Waals surface area contributed by atoms with E-state index in [4.69, 9.17) is 16.3 Å². The summed E-state index contributed by atoms with van der Waals surface area (Å²) in [5.41, 5.74) is 2.90. The molecule has 4 aromatic rings. The molecule has 0 saturated carbocycles. The molecule has 0 aliphatic rings. The van der Waals surface area contributed by atoms with E-state index in [1.807, 2.05) is 36.4 Å². The molecule has 0 aromatic heterocycles. The third-order valence-corrected chi connectivity index (χ3v) is 5.93. The van der Waals surface area contributed by atoms with Gasteiger partial charge in [-0.05, 0) is 68.7 Å². The van der Waals surface area contributed by atoms with Gasteiger partial charge in [-0.25, -0.2) is 4.39 Å². The van der Waals surface area contributed by atoms with Crippen molar-refractivity contribution in [1.82, 2.24) is 0 Å². The van der Waals surface area contributed by atoms with E-state index in [1.165, 1.54) is 12.1 Å². The van der Waals surface area contributed by atoms with Gasteiger partial charge in [0.15, 0.2) is 0 Å². The van der Waals surface area contributed by atoms with Crippen LogP contribution < -0.4 is 10.1 Å². The predicted molar refractivity (Wildman–Crippen MR) is 121 cm³/mol. The summed E-state index contributed by atoms with van der Waals surface area (Å²) in [6.07, 6.45) is 0. The lowest BCUT2D eigenvalue weighted by Crippen LogP contribution is -2.05. The molecule has 5 heteroatoms. The highest BCUT2D eigenvalue weighted by molar-refractivity contribution is 9.10. The molecule has 29 heavy (non-hydrogen) atoms. The van der Waals surface area contributed by atoms with Crippen molar-refractivity contribution >= 4 is 44.0 Å². The van der Waals surface area contributed by atoms with Crippen molar-refractivity contribution < 1.29 is 9.13 Å². The van der Waals surface area contributed by atoms with Crippen molar-refractivity contribution in [3.63, 3.8) is 0 Å². The molecule has 0 bridgehead atoms. The zero-order chi connectivity index (χ0) is 20.2. The van der Waals surface area contributed by atoms with E-state index in [0.717, 1.165) is 37.8 Å². The van der Waals surface area contributed by atoms with Gasteiger partial charge in [-0.1, -0.05) is 54.1 Å². The lowest BCUT2D eigenvalue weighted by molar-refractivity contribution is 0.303. The van der Waals surface area contributed by atoms with E-state index < -0.39 is 0 Å². The molecule has 0 atom stereocenters. The number of anilines is 1. The van der Waals surface area contributed by atoms with Crippen LogP contribution in [-0.4, -0.2) is 0 Å². The Labute approximate surface area is 182 Å². The van der Waals surface area contributed by atoms with E-state index in [2.05, 4.69) is 39.4 Å². The Morgan fingerprint density at radius 2 is 1.72 bits per heavy atom. The van der Waals surface area contributed by atoms with Crippen molar-refractivity contribution in [3.05, 3.63) is 105 Å². The normalized spacial score (nSPS) is 10.9. The predicted octanol–water partition coefficient (Wildman–Crippen LogP) is 7.59. The summed E-state index contributed by atoms with van der Waals surface area (Å²) in [6.45, 7) is 0.952. The topological polar surface area (TPSA) is 21.3 Å². The Morgan fingerprint density at radius 3 is 2.52 bits per heavy atom. The first kappa shape index (κ1) is 19.7. The molecule has 4 aromatic carbocycles. The number of hydrogen-bond acceptors (Lipinski definition) is 2. The van der Waals surface area contributed by atoms with Gasteiger partial charge in [0.1, 0.15) is 18.2 Å². The zero-order valence-electron chi connectivity index (χ0n) is 15.5. The maximum Gasteiger partial charge on any atom is 0.125 e. The summed E-state index contributed by atoms with van der Waals surface area (Å²) in [6, 6.07) is 24.4. The van der Waals surface area contributed by atoms with Crippen molar-refractivity contribution in [2.24, 2.45) is 0 Å². The molecule has 0 heterocycles. The largest absolute Gasteiger partial charge is 0.489 e. The van der Waals surface area contributed by atoms with E-state index in [-0.39, 0.29) is 5.82 Å². The average molecular weight is 471 g/mol. The van der Waals surface area contributed by atoms with E-state index in [1.54, 1.807) is 12.1 Å². The monoisotopic (exact) mass is 469 g/mol. The molecule has 0 unspecified atom stereocenters. The number of hydrogen-bond donors (Lipinski definition) is 1. The maximum absolute atomic E-state index is 13.1. The average Bonchev–Trinajstić information content (AvgIpc) is 2.74. The number of halogens is 3. The molecule has 2 nitrogen and oxygen atoms in total. The van der Waals surface area contributed by atoms with Gasteiger partial charge in [0.05, 0.1) is 5.02 Å². The summed E-state index contributed by atoms with van der Waals surface area (Å²) in [7, 11) is 0. The standard InChI is InChI=1S/C24H18BrClFNO/c25-22-11-10-19(13-23(22)26)28-14-21-20-4-2-1-3-17(20)7-12-24(21)29-15-16-5-8-18(27)9-6-16/h1-13,28H,14-15H2. The number of benzene rings is 4. The first-order chi connectivity index (χ1) is 14.1. The molecule has 0 aliphatic carbocycles. The highest BCUT2D eigenvalue weighted by Gasteiger charge is 2.10. The Hall–Kier alpha value is -2.56. The highest BCUT2D eigenvalue weighted by atomic mass is 79.9. The third kappa shape index (κ3) is 4.72. The second-order valence-electron chi connectivity index (χ2n) is 6.66. The van der Waals surface area contributed by atoms with Crippen LogP contribution in [0.5, 0.6) is 5.75 Å². The summed E-state index contributed by atoms with van der Waals surface area (Å²) >= 11 is 9.63. The summed E-state index contributed by atoms with van der Waals surface area (Å²) < 4.78 is 20.1. The van der Waals surface area contributed by atoms with E-state index >= 15 is 0 Å². The Kier molecular flexibility index (Phi) is 6.02. The molecule has 0 fully saturated rings. The molecular formula is C24H18BrClFNO. The summed E-state index contributed by atoms with van der Waals surface area (Å²) in [4.78, 5) is 0. The lowest BCUT2D eigenvalue weighted by Gasteiger charge is -2.16. The van der Waals surface area contributed by atoms with Crippen LogP contribution in [0.15, 0.2) is 83.3 Å². The van der Waals surface area contributed by atoms with Crippen molar-refractivity contribution in [2.75, 3.05) is 5.32 Å². The van der Waals surface area contributed by atoms with Gasteiger partial charge in [0.2, 0.25) is 0 Å². The van der Waals surface area contributed by atoms with Crippen LogP contribution in [0.2, 0.25) is 5.02 Å². The highest BCUT2D eigenvalue weighted by Crippen LogP contribution is 2.31. The molecule has 0 spiro atoms. The minimum absolute atomic E-state index is 0.252. The summed E-state index contributed by atoms with van der Waals surface area (Å²) in [5, 5.41) is 6.36. The fraction of sp³-hybridized carbons (Fsp3) is 0.0833. The fourth-order valence-corrected chi connectivity index (χ4v) is 3.60. The second-order valence-corrected chi connectivity index (χ2v) is 7.92. The van der Waals surface area contributed by atoms with Crippen LogP contribution in [0.25, 0.3) is 10.8 Å². The lowest BCUT2D eigenvalue weighted by atomic mass is 10.0. The van der Waals surface area contributed by atoms with Crippen LogP contribution in [0, 0.1) is 5.82 Å². The molecule has 1 N–H and O–H groups in total. The molecule has 0 amide bonds. The van der Waals surface area contributed by atoms with Gasteiger partial charge in [0, 0.05) is 22.3 Å². The van der Waals surface area contributed by atoms with Crippen LogP contribution in [-0.2, 0) is 13.2 Å².